The summed E-state index contributed by atoms with van der Waals surface area (Å²) in [7, 11) is 1.42. The van der Waals surface area contributed by atoms with Gasteiger partial charge in [-0.3, -0.25) is 4.79 Å². The van der Waals surface area contributed by atoms with Gasteiger partial charge in [0.2, 0.25) is 0 Å². The number of aromatic nitrogens is 3. The normalized spacial score (nSPS) is 12.1. The Morgan fingerprint density at radius 3 is 2.41 bits per heavy atom. The van der Waals surface area contributed by atoms with Crippen molar-refractivity contribution in [2.24, 2.45) is 0 Å². The third kappa shape index (κ3) is 3.76. The average Bonchev–Trinajstić information content (AvgIpc) is 3.18. The van der Waals surface area contributed by atoms with Crippen molar-refractivity contribution in [2.75, 3.05) is 7.11 Å². The summed E-state index contributed by atoms with van der Waals surface area (Å²) in [4.78, 5) is 21.3. The van der Waals surface area contributed by atoms with Crippen LogP contribution >= 0.6 is 11.8 Å². The number of methoxy groups -OCH3 is 1. The molecule has 0 aliphatic carbocycles. The second kappa shape index (κ2) is 8.49. The van der Waals surface area contributed by atoms with Crippen molar-refractivity contribution in [1.82, 2.24) is 14.5 Å². The van der Waals surface area contributed by atoms with E-state index in [0.29, 0.717) is 6.42 Å². The van der Waals surface area contributed by atoms with Gasteiger partial charge in [0.05, 0.1) is 12.5 Å². The molecule has 2 aromatic heterocycles. The zero-order valence-corrected chi connectivity index (χ0v) is 17.1. The lowest BCUT2D eigenvalue weighted by Crippen LogP contribution is -2.17. The second-order valence-corrected chi connectivity index (χ2v) is 7.72. The third-order valence-corrected chi connectivity index (χ3v) is 6.10. The van der Waals surface area contributed by atoms with Gasteiger partial charge in [0, 0.05) is 17.4 Å². The molecule has 1 atom stereocenters. The number of benzene rings is 2. The molecule has 29 heavy (non-hydrogen) atoms. The molecule has 0 amide bonds. The minimum absolute atomic E-state index is 0.243. The Kier molecular flexibility index (Phi) is 5.62. The highest BCUT2D eigenvalue weighted by Crippen LogP contribution is 2.38. The van der Waals surface area contributed by atoms with E-state index in [2.05, 4.69) is 32.9 Å². The molecular formula is C23H21N3O2S. The van der Waals surface area contributed by atoms with Crippen LogP contribution in [0.2, 0.25) is 0 Å². The monoisotopic (exact) mass is 403 g/mol. The van der Waals surface area contributed by atoms with Gasteiger partial charge in [-0.2, -0.15) is 0 Å². The molecule has 6 heteroatoms. The molecule has 0 aliphatic heterocycles. The molecule has 5 nitrogen and oxygen atoms in total. The fourth-order valence-electron chi connectivity index (χ4n) is 3.31. The van der Waals surface area contributed by atoms with Crippen molar-refractivity contribution in [3.63, 3.8) is 0 Å². The SMILES string of the molecule is CC[C@@H](Sc1ncnc2c1c(-c1ccccc1)cn2-c1ccccc1)C(=O)OC. The Balaban J connectivity index is 1.94. The van der Waals surface area contributed by atoms with E-state index in [4.69, 9.17) is 4.74 Å². The minimum atomic E-state index is -0.318. The van der Waals surface area contributed by atoms with Crippen molar-refractivity contribution >= 4 is 28.8 Å². The number of ether oxygens (including phenoxy) is 1. The van der Waals surface area contributed by atoms with E-state index in [9.17, 15) is 4.79 Å². The first-order valence-corrected chi connectivity index (χ1v) is 10.3. The van der Waals surface area contributed by atoms with Gasteiger partial charge in [-0.1, -0.05) is 67.2 Å². The first-order chi connectivity index (χ1) is 14.2. The van der Waals surface area contributed by atoms with Gasteiger partial charge in [0.25, 0.3) is 0 Å². The molecule has 4 rings (SSSR count). The number of thioether (sulfide) groups is 1. The predicted octanol–water partition coefficient (Wildman–Crippen LogP) is 5.13. The number of para-hydroxylation sites is 1. The van der Waals surface area contributed by atoms with E-state index in [1.165, 1.54) is 18.9 Å². The quantitative estimate of drug-likeness (QED) is 0.254. The summed E-state index contributed by atoms with van der Waals surface area (Å²) in [5.41, 5.74) is 3.95. The highest BCUT2D eigenvalue weighted by molar-refractivity contribution is 8.00. The van der Waals surface area contributed by atoms with Gasteiger partial charge in [-0.25, -0.2) is 9.97 Å². The van der Waals surface area contributed by atoms with Crippen LogP contribution in [0.3, 0.4) is 0 Å². The van der Waals surface area contributed by atoms with Gasteiger partial charge in [0.1, 0.15) is 22.3 Å². The van der Waals surface area contributed by atoms with E-state index in [0.717, 1.165) is 32.9 Å². The number of esters is 1. The molecular weight excluding hydrogens is 382 g/mol. The topological polar surface area (TPSA) is 57.0 Å². The lowest BCUT2D eigenvalue weighted by atomic mass is 10.1. The largest absolute Gasteiger partial charge is 0.468 e. The van der Waals surface area contributed by atoms with Crippen LogP contribution in [-0.2, 0) is 9.53 Å². The summed E-state index contributed by atoms with van der Waals surface area (Å²) in [6, 6.07) is 20.3. The summed E-state index contributed by atoms with van der Waals surface area (Å²) in [6.45, 7) is 1.97. The molecule has 0 spiro atoms. The molecule has 0 saturated carbocycles. The number of hydrogen-bond donors (Lipinski definition) is 0. The molecule has 4 aromatic rings. The van der Waals surface area contributed by atoms with Gasteiger partial charge >= 0.3 is 5.97 Å². The zero-order chi connectivity index (χ0) is 20.2. The Hall–Kier alpha value is -3.12. The van der Waals surface area contributed by atoms with Gasteiger partial charge in [-0.05, 0) is 24.1 Å². The molecule has 0 saturated heterocycles. The number of fused-ring (bicyclic) bond motifs is 1. The molecule has 0 bridgehead atoms. The van der Waals surface area contributed by atoms with Gasteiger partial charge in [-0.15, -0.1) is 0 Å². The Labute approximate surface area is 173 Å². The van der Waals surface area contributed by atoms with Crippen LogP contribution in [0.15, 0.2) is 78.2 Å². The molecule has 0 unspecified atom stereocenters. The number of nitrogens with zero attached hydrogens (tertiary/aromatic N) is 3. The van der Waals surface area contributed by atoms with Crippen molar-refractivity contribution < 1.29 is 9.53 Å². The maximum absolute atomic E-state index is 12.2. The fraction of sp³-hybridized carbons (Fsp3) is 0.174. The summed E-state index contributed by atoms with van der Waals surface area (Å²) in [5, 5.41) is 1.40. The standard InChI is InChI=1S/C23H21N3O2S/c1-3-19(23(27)28-2)29-22-20-18(16-10-6-4-7-11-16)14-26(21(20)24-15-25-22)17-12-8-5-9-13-17/h4-15,19H,3H2,1-2H3/t19-/m1/s1. The van der Waals surface area contributed by atoms with Crippen molar-refractivity contribution in [1.29, 1.82) is 0 Å². The molecule has 0 aliphatic rings. The Morgan fingerprint density at radius 1 is 1.07 bits per heavy atom. The van der Waals surface area contributed by atoms with Crippen molar-refractivity contribution in [3.8, 4) is 16.8 Å². The van der Waals surface area contributed by atoms with E-state index in [-0.39, 0.29) is 11.2 Å². The van der Waals surface area contributed by atoms with E-state index >= 15 is 0 Å². The first-order valence-electron chi connectivity index (χ1n) is 9.44. The molecule has 2 heterocycles. The van der Waals surface area contributed by atoms with E-state index in [1.807, 2.05) is 55.5 Å². The first kappa shape index (κ1) is 19.2. The van der Waals surface area contributed by atoms with Crippen molar-refractivity contribution in [2.45, 2.75) is 23.6 Å². The summed E-state index contributed by atoms with van der Waals surface area (Å²) >= 11 is 1.43. The molecule has 0 N–H and O–H groups in total. The van der Waals surface area contributed by atoms with E-state index in [1.54, 1.807) is 6.33 Å². The highest BCUT2D eigenvalue weighted by Gasteiger charge is 2.23. The second-order valence-electron chi connectivity index (χ2n) is 6.53. The van der Waals surface area contributed by atoms with Crippen LogP contribution in [0.5, 0.6) is 0 Å². The van der Waals surface area contributed by atoms with Crippen molar-refractivity contribution in [3.05, 3.63) is 73.2 Å². The molecule has 0 radical (unpaired) electrons. The van der Waals surface area contributed by atoms with Crippen LogP contribution < -0.4 is 0 Å². The summed E-state index contributed by atoms with van der Waals surface area (Å²) < 4.78 is 7.04. The maximum atomic E-state index is 12.2. The van der Waals surface area contributed by atoms with Crippen LogP contribution in [0, 0.1) is 0 Å². The summed E-state index contributed by atoms with van der Waals surface area (Å²) in [5.74, 6) is -0.243. The van der Waals surface area contributed by atoms with E-state index < -0.39 is 0 Å². The maximum Gasteiger partial charge on any atom is 0.319 e. The number of carbonyl (C=O) groups is 1. The Bertz CT molecular complexity index is 1130. The Morgan fingerprint density at radius 2 is 1.76 bits per heavy atom. The van der Waals surface area contributed by atoms with Crippen LogP contribution in [0.4, 0.5) is 0 Å². The number of rotatable bonds is 6. The number of carbonyl (C=O) groups excluding carboxylic acids is 1. The van der Waals surface area contributed by atoms with Gasteiger partial charge < -0.3 is 9.30 Å². The molecule has 0 fully saturated rings. The van der Waals surface area contributed by atoms with Crippen LogP contribution in [0.25, 0.3) is 27.8 Å². The zero-order valence-electron chi connectivity index (χ0n) is 16.3. The lowest BCUT2D eigenvalue weighted by Gasteiger charge is -2.12. The van der Waals surface area contributed by atoms with Crippen LogP contribution in [0.1, 0.15) is 13.3 Å². The molecule has 2 aromatic carbocycles. The third-order valence-electron chi connectivity index (χ3n) is 4.76. The predicted molar refractivity (Wildman–Crippen MR) is 116 cm³/mol. The summed E-state index contributed by atoms with van der Waals surface area (Å²) in [6.07, 6.45) is 4.30. The smallest absolute Gasteiger partial charge is 0.319 e. The fourth-order valence-corrected chi connectivity index (χ4v) is 4.37. The highest BCUT2D eigenvalue weighted by atomic mass is 32.2. The minimum Gasteiger partial charge on any atom is -0.468 e. The van der Waals surface area contributed by atoms with Gasteiger partial charge in [0.15, 0.2) is 0 Å². The average molecular weight is 404 g/mol. The number of hydrogen-bond acceptors (Lipinski definition) is 5. The van der Waals surface area contributed by atoms with Crippen LogP contribution in [-0.4, -0.2) is 32.9 Å². The molecule has 146 valence electrons. The lowest BCUT2D eigenvalue weighted by molar-refractivity contribution is -0.140.